The summed E-state index contributed by atoms with van der Waals surface area (Å²) >= 11 is 12.4. The summed E-state index contributed by atoms with van der Waals surface area (Å²) in [5.74, 6) is 0.599. The zero-order valence-corrected chi connectivity index (χ0v) is 21.6. The summed E-state index contributed by atoms with van der Waals surface area (Å²) < 4.78 is 49.6. The molecule has 37 heavy (non-hydrogen) atoms. The molecule has 0 saturated carbocycles. The second-order valence-electron chi connectivity index (χ2n) is 9.19. The third-order valence-electron chi connectivity index (χ3n) is 6.48. The molecule has 0 saturated heterocycles. The monoisotopic (exact) mass is 545 g/mol. The highest BCUT2D eigenvalue weighted by molar-refractivity contribution is 6.35. The first-order chi connectivity index (χ1) is 17.6. The van der Waals surface area contributed by atoms with Gasteiger partial charge in [-0.15, -0.1) is 0 Å². The van der Waals surface area contributed by atoms with Crippen LogP contribution in [0.1, 0.15) is 29.6 Å². The van der Waals surface area contributed by atoms with E-state index < -0.39 is 18.3 Å². The first-order valence-electron chi connectivity index (χ1n) is 11.7. The Morgan fingerprint density at radius 3 is 2.46 bits per heavy atom. The normalized spacial score (nSPS) is 16.2. The van der Waals surface area contributed by atoms with Crippen LogP contribution in [0.15, 0.2) is 66.9 Å². The van der Waals surface area contributed by atoms with Gasteiger partial charge in [-0.3, -0.25) is 10.3 Å². The van der Waals surface area contributed by atoms with Crippen LogP contribution in [0, 0.1) is 0 Å². The molecule has 0 aliphatic carbocycles. The standard InChI is InChI=1S/C28H24Cl2F3N3O/c1-36(2)26-21-8-5-7-19(16-12-17(29)14-18(30)13-16)25(21)34-15-22(26)27(28(31,32)33)35-23-10-11-37-24-9-4-3-6-20(23)24/h3-9,12-15,23,27,35H,10-11H2,1-2H3. The fraction of sp³-hybridized carbons (Fsp3) is 0.250. The molecule has 9 heteroatoms. The van der Waals surface area contributed by atoms with Gasteiger partial charge in [0.2, 0.25) is 0 Å². The van der Waals surface area contributed by atoms with Crippen LogP contribution in [-0.2, 0) is 0 Å². The van der Waals surface area contributed by atoms with Crippen LogP contribution in [0.2, 0.25) is 10.0 Å². The van der Waals surface area contributed by atoms with Gasteiger partial charge in [0.05, 0.1) is 17.8 Å². The van der Waals surface area contributed by atoms with Crippen molar-refractivity contribution in [3.05, 3.63) is 88.0 Å². The number of alkyl halides is 3. The Bertz CT molecular complexity index is 1440. The molecule has 1 aliphatic rings. The third-order valence-corrected chi connectivity index (χ3v) is 6.92. The van der Waals surface area contributed by atoms with E-state index in [0.29, 0.717) is 51.0 Å². The number of benzene rings is 3. The van der Waals surface area contributed by atoms with Crippen molar-refractivity contribution in [2.75, 3.05) is 25.6 Å². The summed E-state index contributed by atoms with van der Waals surface area (Å²) in [5, 5.41) is 4.40. The molecule has 0 spiro atoms. The summed E-state index contributed by atoms with van der Waals surface area (Å²) in [7, 11) is 3.47. The van der Waals surface area contributed by atoms with Crippen molar-refractivity contribution in [2.24, 2.45) is 0 Å². The van der Waals surface area contributed by atoms with Crippen molar-refractivity contribution in [3.63, 3.8) is 0 Å². The predicted octanol–water partition coefficient (Wildman–Crippen LogP) is 7.99. The lowest BCUT2D eigenvalue weighted by molar-refractivity contribution is -0.160. The molecule has 1 N–H and O–H groups in total. The van der Waals surface area contributed by atoms with E-state index in [-0.39, 0.29) is 5.56 Å². The van der Waals surface area contributed by atoms with Crippen molar-refractivity contribution in [1.29, 1.82) is 0 Å². The summed E-state index contributed by atoms with van der Waals surface area (Å²) in [5.41, 5.74) is 3.23. The zero-order chi connectivity index (χ0) is 26.3. The number of nitrogens with zero attached hydrogens (tertiary/aromatic N) is 2. The highest BCUT2D eigenvalue weighted by Gasteiger charge is 2.44. The Kier molecular flexibility index (Phi) is 6.96. The summed E-state index contributed by atoms with van der Waals surface area (Å²) in [4.78, 5) is 6.25. The van der Waals surface area contributed by atoms with Gasteiger partial charge in [0, 0.05) is 64.9 Å². The van der Waals surface area contributed by atoms with Crippen LogP contribution in [0.25, 0.3) is 22.0 Å². The topological polar surface area (TPSA) is 37.4 Å². The second kappa shape index (κ2) is 10.0. The van der Waals surface area contributed by atoms with E-state index in [1.165, 1.54) is 6.20 Å². The molecule has 0 radical (unpaired) electrons. The second-order valence-corrected chi connectivity index (χ2v) is 10.1. The van der Waals surface area contributed by atoms with Gasteiger partial charge in [-0.05, 0) is 29.8 Å². The fourth-order valence-corrected chi connectivity index (χ4v) is 5.48. The van der Waals surface area contributed by atoms with E-state index in [0.717, 1.165) is 11.1 Å². The van der Waals surface area contributed by atoms with Crippen LogP contribution < -0.4 is 15.0 Å². The molecule has 1 aromatic heterocycles. The van der Waals surface area contributed by atoms with Gasteiger partial charge in [0.15, 0.2) is 0 Å². The lowest BCUT2D eigenvalue weighted by atomic mass is 9.95. The molecular weight excluding hydrogens is 522 g/mol. The minimum atomic E-state index is -4.56. The molecule has 4 nitrogen and oxygen atoms in total. The minimum Gasteiger partial charge on any atom is -0.493 e. The Hall–Kier alpha value is -3.00. The van der Waals surface area contributed by atoms with Crippen LogP contribution in [0.4, 0.5) is 18.9 Å². The summed E-state index contributed by atoms with van der Waals surface area (Å²) in [6, 6.07) is 15.3. The highest BCUT2D eigenvalue weighted by atomic mass is 35.5. The van der Waals surface area contributed by atoms with Gasteiger partial charge in [0.25, 0.3) is 0 Å². The van der Waals surface area contributed by atoms with Gasteiger partial charge in [-0.25, -0.2) is 0 Å². The third kappa shape index (κ3) is 5.08. The molecule has 1 aliphatic heterocycles. The number of hydrogen-bond donors (Lipinski definition) is 1. The smallest absolute Gasteiger partial charge is 0.408 e. The highest BCUT2D eigenvalue weighted by Crippen LogP contribution is 2.44. The molecule has 2 atom stereocenters. The Morgan fingerprint density at radius 1 is 1.03 bits per heavy atom. The Morgan fingerprint density at radius 2 is 1.76 bits per heavy atom. The molecule has 2 heterocycles. The fourth-order valence-electron chi connectivity index (χ4n) is 4.95. The number of nitrogens with one attached hydrogen (secondary N) is 1. The van der Waals surface area contributed by atoms with Crippen LogP contribution in [0.3, 0.4) is 0 Å². The van der Waals surface area contributed by atoms with E-state index in [2.05, 4.69) is 10.3 Å². The van der Waals surface area contributed by atoms with E-state index in [4.69, 9.17) is 27.9 Å². The van der Waals surface area contributed by atoms with Gasteiger partial charge in [-0.2, -0.15) is 13.2 Å². The SMILES string of the molecule is CN(C)c1c(C(NC2CCOc3ccccc32)C(F)(F)F)cnc2c(-c3cc(Cl)cc(Cl)c3)cccc12. The van der Waals surface area contributed by atoms with E-state index in [1.54, 1.807) is 67.5 Å². The average molecular weight is 546 g/mol. The number of fused-ring (bicyclic) bond motifs is 2. The number of para-hydroxylation sites is 2. The van der Waals surface area contributed by atoms with E-state index >= 15 is 0 Å². The lowest BCUT2D eigenvalue weighted by Crippen LogP contribution is -2.39. The summed E-state index contributed by atoms with van der Waals surface area (Å²) in [6.45, 7) is 0.335. The Balaban J connectivity index is 1.65. The van der Waals surface area contributed by atoms with Gasteiger partial charge >= 0.3 is 6.18 Å². The predicted molar refractivity (Wildman–Crippen MR) is 143 cm³/mol. The number of aromatic nitrogens is 1. The molecule has 192 valence electrons. The molecule has 3 aromatic carbocycles. The lowest BCUT2D eigenvalue weighted by Gasteiger charge is -2.33. The number of rotatable bonds is 5. The molecule has 4 aromatic rings. The van der Waals surface area contributed by atoms with E-state index in [1.807, 2.05) is 12.1 Å². The number of ether oxygens (including phenoxy) is 1. The first kappa shape index (κ1) is 25.6. The van der Waals surface area contributed by atoms with Crippen molar-refractivity contribution >= 4 is 39.8 Å². The van der Waals surface area contributed by atoms with Crippen molar-refractivity contribution < 1.29 is 17.9 Å². The zero-order valence-electron chi connectivity index (χ0n) is 20.1. The van der Waals surface area contributed by atoms with E-state index in [9.17, 15) is 13.2 Å². The molecular formula is C28H24Cl2F3N3O. The number of halogens is 5. The van der Waals surface area contributed by atoms with Crippen molar-refractivity contribution in [2.45, 2.75) is 24.7 Å². The van der Waals surface area contributed by atoms with Crippen molar-refractivity contribution in [3.8, 4) is 16.9 Å². The number of anilines is 1. The van der Waals surface area contributed by atoms with Gasteiger partial charge in [0.1, 0.15) is 11.8 Å². The summed E-state index contributed by atoms with van der Waals surface area (Å²) in [6.07, 6.45) is -2.82. The quantitative estimate of drug-likeness (QED) is 0.275. The molecule has 0 bridgehead atoms. The molecule has 2 unspecified atom stereocenters. The van der Waals surface area contributed by atoms with Crippen molar-refractivity contribution in [1.82, 2.24) is 10.3 Å². The average Bonchev–Trinajstić information content (AvgIpc) is 2.85. The van der Waals surface area contributed by atoms with Crippen LogP contribution in [0.5, 0.6) is 5.75 Å². The molecule has 5 rings (SSSR count). The van der Waals surface area contributed by atoms with Crippen LogP contribution in [-0.4, -0.2) is 31.9 Å². The van der Waals surface area contributed by atoms with Gasteiger partial charge in [-0.1, -0.05) is 59.6 Å². The molecule has 0 amide bonds. The maximum absolute atomic E-state index is 14.6. The largest absolute Gasteiger partial charge is 0.493 e. The minimum absolute atomic E-state index is 0.0512. The number of pyridine rings is 1. The first-order valence-corrected chi connectivity index (χ1v) is 12.5. The maximum Gasteiger partial charge on any atom is 0.408 e. The molecule has 0 fully saturated rings. The maximum atomic E-state index is 14.6. The van der Waals surface area contributed by atoms with Crippen LogP contribution >= 0.6 is 23.2 Å². The Labute approximate surface area is 223 Å². The van der Waals surface area contributed by atoms with Gasteiger partial charge < -0.3 is 9.64 Å². The number of hydrogen-bond acceptors (Lipinski definition) is 4.